The Balaban J connectivity index is 1.64. The lowest BCUT2D eigenvalue weighted by Crippen LogP contribution is -2.31. The summed E-state index contributed by atoms with van der Waals surface area (Å²) < 4.78 is 16.2. The highest BCUT2D eigenvalue weighted by atomic mass is 35.5. The molecule has 0 saturated heterocycles. The number of methoxy groups -OCH3 is 1. The maximum atomic E-state index is 12.7. The fraction of sp³-hybridized carbons (Fsp3) is 0.320. The largest absolute Gasteiger partial charge is 0.497 e. The van der Waals surface area contributed by atoms with Crippen LogP contribution in [0.1, 0.15) is 44.2 Å². The highest BCUT2D eigenvalue weighted by Crippen LogP contribution is 2.28. The van der Waals surface area contributed by atoms with E-state index < -0.39 is 6.04 Å². The van der Waals surface area contributed by atoms with Crippen molar-refractivity contribution < 1.29 is 23.5 Å². The quantitative estimate of drug-likeness (QED) is 0.413. The number of nitrogens with one attached hydrogen (secondary N) is 1. The first-order chi connectivity index (χ1) is 15.9. The summed E-state index contributed by atoms with van der Waals surface area (Å²) in [4.78, 5) is 29.2. The molecular weight excluding hydrogens is 444 g/mol. The summed E-state index contributed by atoms with van der Waals surface area (Å²) in [5.41, 5.74) is 1.52. The van der Waals surface area contributed by atoms with E-state index in [0.717, 1.165) is 11.1 Å². The molecule has 174 valence electrons. The summed E-state index contributed by atoms with van der Waals surface area (Å²) in [6, 6.07) is 14.0. The Kier molecular flexibility index (Phi) is 8.49. The molecule has 1 N–H and O–H groups in total. The molecule has 7 nitrogen and oxygen atoms in total. The summed E-state index contributed by atoms with van der Waals surface area (Å²) in [5, 5.41) is 3.49. The second kappa shape index (κ2) is 11.5. The third kappa shape index (κ3) is 7.08. The van der Waals surface area contributed by atoms with E-state index in [-0.39, 0.29) is 30.8 Å². The van der Waals surface area contributed by atoms with Crippen molar-refractivity contribution in [3.63, 3.8) is 0 Å². The van der Waals surface area contributed by atoms with Crippen LogP contribution < -0.4 is 10.1 Å². The number of hydrogen-bond donors (Lipinski definition) is 1. The Morgan fingerprint density at radius 3 is 2.52 bits per heavy atom. The molecule has 3 aromatic rings. The number of amides is 1. The normalized spacial score (nSPS) is 11.8. The maximum Gasteiger partial charge on any atom is 0.308 e. The number of ether oxygens (including phenoxy) is 2. The van der Waals surface area contributed by atoms with Gasteiger partial charge in [-0.3, -0.25) is 9.59 Å². The van der Waals surface area contributed by atoms with E-state index in [2.05, 4.69) is 10.3 Å². The number of oxazole rings is 1. The number of halogens is 1. The molecule has 0 saturated carbocycles. The minimum Gasteiger partial charge on any atom is -0.497 e. The summed E-state index contributed by atoms with van der Waals surface area (Å²) in [6.07, 6.45) is 1.83. The van der Waals surface area contributed by atoms with Crippen LogP contribution in [0.3, 0.4) is 0 Å². The second-order valence-corrected chi connectivity index (χ2v) is 8.14. The van der Waals surface area contributed by atoms with Crippen LogP contribution in [0.2, 0.25) is 5.02 Å². The zero-order valence-electron chi connectivity index (χ0n) is 18.8. The van der Waals surface area contributed by atoms with E-state index in [0.29, 0.717) is 28.8 Å². The van der Waals surface area contributed by atoms with Crippen LogP contribution in [0.15, 0.2) is 59.1 Å². The minimum atomic E-state index is -0.530. The predicted octanol–water partition coefficient (Wildman–Crippen LogP) is 5.14. The highest BCUT2D eigenvalue weighted by Gasteiger charge is 2.21. The molecule has 1 heterocycles. The first kappa shape index (κ1) is 24.3. The van der Waals surface area contributed by atoms with E-state index in [1.807, 2.05) is 30.3 Å². The van der Waals surface area contributed by atoms with Crippen molar-refractivity contribution in [3.05, 3.63) is 71.2 Å². The zero-order chi connectivity index (χ0) is 23.8. The van der Waals surface area contributed by atoms with Gasteiger partial charge >= 0.3 is 5.97 Å². The van der Waals surface area contributed by atoms with E-state index >= 15 is 0 Å². The predicted molar refractivity (Wildman–Crippen MR) is 125 cm³/mol. The van der Waals surface area contributed by atoms with Crippen LogP contribution in [0.25, 0.3) is 11.3 Å². The van der Waals surface area contributed by atoms with Crippen molar-refractivity contribution in [3.8, 4) is 17.1 Å². The summed E-state index contributed by atoms with van der Waals surface area (Å²) in [6.45, 7) is 3.57. The number of nitrogens with zero attached hydrogens (tertiary/aromatic N) is 1. The number of aromatic nitrogens is 1. The van der Waals surface area contributed by atoms with Crippen LogP contribution in [0, 0.1) is 0 Å². The molecular formula is C25H27ClN2O5. The molecule has 1 atom stereocenters. The number of benzene rings is 2. The molecule has 0 bridgehead atoms. The Hall–Kier alpha value is -3.32. The minimum absolute atomic E-state index is 0.0197. The number of hydrogen-bond acceptors (Lipinski definition) is 6. The molecule has 0 radical (unpaired) electrons. The van der Waals surface area contributed by atoms with Gasteiger partial charge in [0.1, 0.15) is 5.75 Å². The second-order valence-electron chi connectivity index (χ2n) is 7.73. The molecule has 1 aromatic heterocycles. The van der Waals surface area contributed by atoms with Crippen molar-refractivity contribution in [1.82, 2.24) is 10.3 Å². The Morgan fingerprint density at radius 2 is 1.85 bits per heavy atom. The average molecular weight is 471 g/mol. The molecule has 0 aliphatic carbocycles. The van der Waals surface area contributed by atoms with Gasteiger partial charge < -0.3 is 19.2 Å². The van der Waals surface area contributed by atoms with E-state index in [9.17, 15) is 9.59 Å². The van der Waals surface area contributed by atoms with Crippen molar-refractivity contribution in [2.75, 3.05) is 7.11 Å². The maximum absolute atomic E-state index is 12.7. The van der Waals surface area contributed by atoms with Crippen LogP contribution in [0.4, 0.5) is 0 Å². The third-order valence-corrected chi connectivity index (χ3v) is 5.18. The fourth-order valence-electron chi connectivity index (χ4n) is 3.26. The van der Waals surface area contributed by atoms with Gasteiger partial charge in [-0.2, -0.15) is 0 Å². The molecule has 0 spiro atoms. The summed E-state index contributed by atoms with van der Waals surface area (Å²) in [7, 11) is 1.58. The van der Waals surface area contributed by atoms with E-state index in [1.165, 1.54) is 0 Å². The van der Waals surface area contributed by atoms with Crippen molar-refractivity contribution in [2.24, 2.45) is 0 Å². The van der Waals surface area contributed by atoms with Crippen LogP contribution in [0.5, 0.6) is 5.75 Å². The van der Waals surface area contributed by atoms with Crippen LogP contribution >= 0.6 is 11.6 Å². The van der Waals surface area contributed by atoms with Gasteiger partial charge in [0.15, 0.2) is 11.7 Å². The number of carbonyl (C=O) groups excluding carboxylic acids is 2. The van der Waals surface area contributed by atoms with Gasteiger partial charge in [-0.15, -0.1) is 0 Å². The standard InChI is InChI=1S/C25H27ClN2O5/c1-16(2)32-25(30)14-21(17-8-10-18(31-3)11-9-17)28-23(29)12-13-24-27-15-22(33-24)19-6-4-5-7-20(19)26/h4-11,15-16,21H,12-14H2,1-3H3,(H,28,29). The van der Waals surface area contributed by atoms with Crippen molar-refractivity contribution >= 4 is 23.5 Å². The van der Waals surface area contributed by atoms with Crippen LogP contribution in [-0.2, 0) is 20.7 Å². The highest BCUT2D eigenvalue weighted by molar-refractivity contribution is 6.33. The van der Waals surface area contributed by atoms with Gasteiger partial charge in [0.2, 0.25) is 5.91 Å². The molecule has 3 rings (SSSR count). The lowest BCUT2D eigenvalue weighted by Gasteiger charge is -2.19. The van der Waals surface area contributed by atoms with Crippen molar-refractivity contribution in [2.45, 2.75) is 45.3 Å². The molecule has 1 unspecified atom stereocenters. The van der Waals surface area contributed by atoms with Gasteiger partial charge in [-0.05, 0) is 43.7 Å². The number of aryl methyl sites for hydroxylation is 1. The summed E-state index contributed by atoms with van der Waals surface area (Å²) in [5.74, 6) is 1.05. The average Bonchev–Trinajstić information content (AvgIpc) is 3.26. The first-order valence-corrected chi connectivity index (χ1v) is 11.1. The molecule has 2 aromatic carbocycles. The van der Waals surface area contributed by atoms with E-state index in [4.69, 9.17) is 25.5 Å². The third-order valence-electron chi connectivity index (χ3n) is 4.85. The lowest BCUT2D eigenvalue weighted by molar-refractivity contribution is -0.148. The van der Waals surface area contributed by atoms with Gasteiger partial charge in [0.25, 0.3) is 0 Å². The summed E-state index contributed by atoms with van der Waals surface area (Å²) >= 11 is 6.21. The topological polar surface area (TPSA) is 90.7 Å². The Bertz CT molecular complexity index is 1080. The molecule has 8 heteroatoms. The van der Waals surface area contributed by atoms with Gasteiger partial charge in [0, 0.05) is 18.4 Å². The smallest absolute Gasteiger partial charge is 0.308 e. The van der Waals surface area contributed by atoms with Gasteiger partial charge in [-0.25, -0.2) is 4.98 Å². The monoisotopic (exact) mass is 470 g/mol. The molecule has 0 aliphatic rings. The molecule has 0 aliphatic heterocycles. The Morgan fingerprint density at radius 1 is 1.12 bits per heavy atom. The molecule has 0 fully saturated rings. The SMILES string of the molecule is COc1ccc(C(CC(=O)OC(C)C)NC(=O)CCc2ncc(-c3ccccc3Cl)o2)cc1. The van der Waals surface area contributed by atoms with Gasteiger partial charge in [-0.1, -0.05) is 35.9 Å². The zero-order valence-corrected chi connectivity index (χ0v) is 19.6. The first-order valence-electron chi connectivity index (χ1n) is 10.7. The van der Waals surface area contributed by atoms with E-state index in [1.54, 1.807) is 45.4 Å². The fourth-order valence-corrected chi connectivity index (χ4v) is 3.49. The Labute approximate surface area is 198 Å². The van der Waals surface area contributed by atoms with Crippen LogP contribution in [-0.4, -0.2) is 30.1 Å². The lowest BCUT2D eigenvalue weighted by atomic mass is 10.0. The van der Waals surface area contributed by atoms with Crippen molar-refractivity contribution in [1.29, 1.82) is 0 Å². The molecule has 33 heavy (non-hydrogen) atoms. The number of rotatable bonds is 10. The number of carbonyl (C=O) groups is 2. The number of esters is 1. The molecule has 1 amide bonds. The van der Waals surface area contributed by atoms with Gasteiger partial charge in [0.05, 0.1) is 36.9 Å².